The van der Waals surface area contributed by atoms with Crippen LogP contribution in [-0.4, -0.2) is 30.1 Å². The Morgan fingerprint density at radius 2 is 1.93 bits per heavy atom. The molecule has 0 aliphatic carbocycles. The number of nitro groups is 1. The van der Waals surface area contributed by atoms with Gasteiger partial charge in [0.15, 0.2) is 0 Å². The maximum absolute atomic E-state index is 12.0. The number of amides is 1. The minimum Gasteiger partial charge on any atom is -0.467 e. The van der Waals surface area contributed by atoms with E-state index in [1.54, 1.807) is 30.3 Å². The zero-order chi connectivity index (χ0) is 19.8. The van der Waals surface area contributed by atoms with Crippen molar-refractivity contribution in [3.8, 4) is 0 Å². The lowest BCUT2D eigenvalue weighted by Crippen LogP contribution is -2.43. The van der Waals surface area contributed by atoms with Crippen molar-refractivity contribution in [2.75, 3.05) is 7.11 Å². The molecule has 0 aliphatic rings. The minimum atomic E-state index is -1.13. The van der Waals surface area contributed by atoms with Crippen molar-refractivity contribution < 1.29 is 24.0 Å². The lowest BCUT2D eigenvalue weighted by Gasteiger charge is -2.16. The topological polar surface area (TPSA) is 108 Å². The quantitative estimate of drug-likeness (QED) is 0.404. The van der Waals surface area contributed by atoms with Gasteiger partial charge < -0.3 is 14.8 Å². The Morgan fingerprint density at radius 3 is 2.56 bits per heavy atom. The summed E-state index contributed by atoms with van der Waals surface area (Å²) < 4.78 is 10.3. The van der Waals surface area contributed by atoms with E-state index < -0.39 is 23.0 Å². The van der Waals surface area contributed by atoms with Crippen LogP contribution in [0.4, 0.5) is 10.5 Å². The standard InChI is InChI=1S/C18H17BrN2O6/c1-26-17(22)15(9-13-7-8-14(19)10-16(13)21(24)25)20-18(23)27-11-12-5-3-2-4-6-12/h2-8,10,15H,9,11H2,1H3,(H,20,23). The summed E-state index contributed by atoms with van der Waals surface area (Å²) in [6.45, 7) is 0.0268. The van der Waals surface area contributed by atoms with Gasteiger partial charge in [0.25, 0.3) is 5.69 Å². The predicted molar refractivity (Wildman–Crippen MR) is 100 cm³/mol. The van der Waals surface area contributed by atoms with E-state index in [2.05, 4.69) is 26.0 Å². The number of carbonyl (C=O) groups excluding carboxylic acids is 2. The number of ether oxygens (including phenoxy) is 2. The Balaban J connectivity index is 2.08. The molecule has 1 unspecified atom stereocenters. The fraction of sp³-hybridized carbons (Fsp3) is 0.222. The van der Waals surface area contributed by atoms with Crippen LogP contribution in [0.5, 0.6) is 0 Å². The lowest BCUT2D eigenvalue weighted by molar-refractivity contribution is -0.385. The van der Waals surface area contributed by atoms with Crippen LogP contribution >= 0.6 is 15.9 Å². The summed E-state index contributed by atoms with van der Waals surface area (Å²) in [5, 5.41) is 13.6. The van der Waals surface area contributed by atoms with E-state index in [0.717, 1.165) is 5.56 Å². The molecule has 8 nitrogen and oxygen atoms in total. The van der Waals surface area contributed by atoms with Crippen molar-refractivity contribution in [2.24, 2.45) is 0 Å². The number of carbonyl (C=O) groups is 2. The molecular weight excluding hydrogens is 420 g/mol. The average molecular weight is 437 g/mol. The summed E-state index contributed by atoms with van der Waals surface area (Å²) in [5.41, 5.74) is 0.894. The smallest absolute Gasteiger partial charge is 0.408 e. The Hall–Kier alpha value is -2.94. The van der Waals surface area contributed by atoms with Crippen molar-refractivity contribution >= 4 is 33.7 Å². The summed E-state index contributed by atoms with van der Waals surface area (Å²) in [5.74, 6) is -0.733. The van der Waals surface area contributed by atoms with E-state index in [0.29, 0.717) is 4.47 Å². The number of halogens is 1. The monoisotopic (exact) mass is 436 g/mol. The number of nitrogens with one attached hydrogen (secondary N) is 1. The molecule has 0 saturated carbocycles. The number of hydrogen-bond donors (Lipinski definition) is 1. The third kappa shape index (κ3) is 6.07. The molecule has 0 aromatic heterocycles. The van der Waals surface area contributed by atoms with E-state index in [1.165, 1.54) is 19.2 Å². The maximum Gasteiger partial charge on any atom is 0.408 e. The van der Waals surface area contributed by atoms with Crippen LogP contribution in [0, 0.1) is 10.1 Å². The summed E-state index contributed by atoms with van der Waals surface area (Å²) in [4.78, 5) is 34.7. The van der Waals surface area contributed by atoms with E-state index in [9.17, 15) is 19.7 Å². The van der Waals surface area contributed by atoms with Gasteiger partial charge in [0.2, 0.25) is 0 Å². The first kappa shape index (κ1) is 20.4. The molecule has 1 atom stereocenters. The molecule has 1 amide bonds. The third-order valence-electron chi connectivity index (χ3n) is 3.66. The van der Waals surface area contributed by atoms with Gasteiger partial charge in [-0.05, 0) is 11.6 Å². The lowest BCUT2D eigenvalue weighted by atomic mass is 10.0. The molecule has 2 aromatic carbocycles. The first-order valence-corrected chi connectivity index (χ1v) is 8.68. The largest absolute Gasteiger partial charge is 0.467 e. The van der Waals surface area contributed by atoms with Crippen LogP contribution < -0.4 is 5.32 Å². The van der Waals surface area contributed by atoms with Gasteiger partial charge in [-0.3, -0.25) is 10.1 Å². The molecule has 0 radical (unpaired) electrons. The summed E-state index contributed by atoms with van der Waals surface area (Å²) in [7, 11) is 1.17. The summed E-state index contributed by atoms with van der Waals surface area (Å²) >= 11 is 3.17. The third-order valence-corrected chi connectivity index (χ3v) is 4.15. The molecule has 0 spiro atoms. The van der Waals surface area contributed by atoms with Crippen LogP contribution in [0.15, 0.2) is 53.0 Å². The van der Waals surface area contributed by atoms with Crippen molar-refractivity contribution in [1.82, 2.24) is 5.32 Å². The van der Waals surface area contributed by atoms with Crippen molar-refractivity contribution in [3.05, 3.63) is 74.2 Å². The first-order valence-electron chi connectivity index (χ1n) is 7.88. The normalized spacial score (nSPS) is 11.3. The number of nitrogens with zero attached hydrogens (tertiary/aromatic N) is 1. The molecule has 2 rings (SSSR count). The highest BCUT2D eigenvalue weighted by atomic mass is 79.9. The molecule has 0 heterocycles. The minimum absolute atomic E-state index is 0.0268. The maximum atomic E-state index is 12.0. The Morgan fingerprint density at radius 1 is 1.22 bits per heavy atom. The van der Waals surface area contributed by atoms with Crippen molar-refractivity contribution in [2.45, 2.75) is 19.1 Å². The molecule has 0 aliphatic heterocycles. The van der Waals surface area contributed by atoms with Gasteiger partial charge in [-0.15, -0.1) is 0 Å². The van der Waals surface area contributed by atoms with Gasteiger partial charge in [0.1, 0.15) is 12.6 Å². The molecule has 27 heavy (non-hydrogen) atoms. The van der Waals surface area contributed by atoms with Crippen LogP contribution in [0.3, 0.4) is 0 Å². The molecule has 2 aromatic rings. The number of methoxy groups -OCH3 is 1. The van der Waals surface area contributed by atoms with E-state index in [-0.39, 0.29) is 24.3 Å². The number of hydrogen-bond acceptors (Lipinski definition) is 6. The van der Waals surface area contributed by atoms with Crippen molar-refractivity contribution in [1.29, 1.82) is 0 Å². The highest BCUT2D eigenvalue weighted by molar-refractivity contribution is 9.10. The van der Waals surface area contributed by atoms with E-state index >= 15 is 0 Å². The molecule has 9 heteroatoms. The van der Waals surface area contributed by atoms with Crippen molar-refractivity contribution in [3.63, 3.8) is 0 Å². The summed E-state index contributed by atoms with van der Waals surface area (Å²) in [6.07, 6.45) is -0.939. The van der Waals surface area contributed by atoms with Gasteiger partial charge in [0, 0.05) is 22.5 Å². The second kappa shape index (κ2) is 9.67. The molecule has 1 N–H and O–H groups in total. The van der Waals surface area contributed by atoms with Gasteiger partial charge >= 0.3 is 12.1 Å². The fourth-order valence-electron chi connectivity index (χ4n) is 2.34. The number of nitro benzene ring substituents is 1. The van der Waals surface area contributed by atoms with Gasteiger partial charge in [0.05, 0.1) is 12.0 Å². The fourth-order valence-corrected chi connectivity index (χ4v) is 2.69. The Labute approximate surface area is 163 Å². The zero-order valence-electron chi connectivity index (χ0n) is 14.4. The second-order valence-corrected chi connectivity index (χ2v) is 6.43. The second-order valence-electron chi connectivity index (χ2n) is 5.52. The highest BCUT2D eigenvalue weighted by Gasteiger charge is 2.26. The molecule has 0 fully saturated rings. The predicted octanol–water partition coefficient (Wildman–Crippen LogP) is 3.37. The molecular formula is C18H17BrN2O6. The molecule has 0 bridgehead atoms. The van der Waals surface area contributed by atoms with Crippen LogP contribution in [-0.2, 0) is 27.3 Å². The number of esters is 1. The Bertz CT molecular complexity index is 828. The van der Waals surface area contributed by atoms with E-state index in [4.69, 9.17) is 4.74 Å². The van der Waals surface area contributed by atoms with Gasteiger partial charge in [-0.2, -0.15) is 0 Å². The Kier molecular flexibility index (Phi) is 7.30. The number of alkyl carbamates (subject to hydrolysis) is 1. The zero-order valence-corrected chi connectivity index (χ0v) is 16.0. The first-order chi connectivity index (χ1) is 12.9. The van der Waals surface area contributed by atoms with Crippen LogP contribution in [0.1, 0.15) is 11.1 Å². The number of benzene rings is 2. The highest BCUT2D eigenvalue weighted by Crippen LogP contribution is 2.25. The van der Waals surface area contributed by atoms with Crippen LogP contribution in [0.25, 0.3) is 0 Å². The number of rotatable bonds is 7. The van der Waals surface area contributed by atoms with Crippen LogP contribution in [0.2, 0.25) is 0 Å². The summed E-state index contributed by atoms with van der Waals surface area (Å²) in [6, 6.07) is 12.4. The van der Waals surface area contributed by atoms with E-state index in [1.807, 2.05) is 6.07 Å². The van der Waals surface area contributed by atoms with Gasteiger partial charge in [-0.25, -0.2) is 9.59 Å². The average Bonchev–Trinajstić information content (AvgIpc) is 2.67. The molecule has 0 saturated heterocycles. The SMILES string of the molecule is COC(=O)C(Cc1ccc(Br)cc1[N+](=O)[O-])NC(=O)OCc1ccccc1. The molecule has 142 valence electrons. The van der Waals surface area contributed by atoms with Gasteiger partial charge in [-0.1, -0.05) is 52.3 Å².